The van der Waals surface area contributed by atoms with E-state index in [2.05, 4.69) is 17.4 Å². The van der Waals surface area contributed by atoms with Crippen LogP contribution in [0.3, 0.4) is 0 Å². The van der Waals surface area contributed by atoms with Crippen molar-refractivity contribution in [2.24, 2.45) is 0 Å². The Morgan fingerprint density at radius 2 is 1.89 bits per heavy atom. The normalized spacial score (nSPS) is 14.0. The van der Waals surface area contributed by atoms with E-state index in [4.69, 9.17) is 0 Å². The van der Waals surface area contributed by atoms with E-state index in [9.17, 15) is 9.59 Å². The minimum atomic E-state index is -0.0612. The Labute approximate surface area is 158 Å². The lowest BCUT2D eigenvalue weighted by molar-refractivity contribution is -0.117. The Balaban J connectivity index is 1.54. The molecule has 27 heavy (non-hydrogen) atoms. The highest BCUT2D eigenvalue weighted by Crippen LogP contribution is 2.28. The van der Waals surface area contributed by atoms with Gasteiger partial charge in [0.25, 0.3) is 0 Å². The van der Waals surface area contributed by atoms with Crippen molar-refractivity contribution in [2.75, 3.05) is 16.8 Å². The van der Waals surface area contributed by atoms with Gasteiger partial charge in [0.05, 0.1) is 6.42 Å². The van der Waals surface area contributed by atoms with E-state index in [1.807, 2.05) is 60.4 Å². The van der Waals surface area contributed by atoms with Crippen LogP contribution in [0.1, 0.15) is 24.0 Å². The van der Waals surface area contributed by atoms with E-state index in [1.54, 1.807) is 0 Å². The number of carbonyl (C=O) groups excluding carboxylic acids is 2. The Morgan fingerprint density at radius 3 is 2.70 bits per heavy atom. The summed E-state index contributed by atoms with van der Waals surface area (Å²) >= 11 is 0. The van der Waals surface area contributed by atoms with Gasteiger partial charge in [-0.1, -0.05) is 48.5 Å². The Morgan fingerprint density at radius 1 is 1.07 bits per heavy atom. The first-order chi connectivity index (χ1) is 13.1. The van der Waals surface area contributed by atoms with E-state index < -0.39 is 0 Å². The van der Waals surface area contributed by atoms with Crippen molar-refractivity contribution in [3.05, 3.63) is 71.8 Å². The van der Waals surface area contributed by atoms with Crippen molar-refractivity contribution in [3.8, 4) is 0 Å². The minimum Gasteiger partial charge on any atom is -0.326 e. The number of benzene rings is 3. The predicted molar refractivity (Wildman–Crippen MR) is 109 cm³/mol. The lowest BCUT2D eigenvalue weighted by Gasteiger charge is -2.19. The Kier molecular flexibility index (Phi) is 4.63. The summed E-state index contributed by atoms with van der Waals surface area (Å²) in [4.78, 5) is 26.5. The summed E-state index contributed by atoms with van der Waals surface area (Å²) in [6, 6.07) is 19.9. The third-order valence-electron chi connectivity index (χ3n) is 5.09. The summed E-state index contributed by atoms with van der Waals surface area (Å²) in [5.41, 5.74) is 3.66. The van der Waals surface area contributed by atoms with Crippen molar-refractivity contribution in [3.63, 3.8) is 0 Å². The van der Waals surface area contributed by atoms with Crippen molar-refractivity contribution >= 4 is 34.0 Å². The summed E-state index contributed by atoms with van der Waals surface area (Å²) in [7, 11) is 0. The summed E-state index contributed by atoms with van der Waals surface area (Å²) in [5, 5.41) is 5.22. The second-order valence-corrected chi connectivity index (χ2v) is 7.01. The molecule has 1 fully saturated rings. The van der Waals surface area contributed by atoms with Gasteiger partial charge in [-0.05, 0) is 47.4 Å². The molecule has 1 aliphatic heterocycles. The number of hydrogen-bond donors (Lipinski definition) is 1. The molecular formula is C23H22N2O2. The molecule has 4 rings (SSSR count). The van der Waals surface area contributed by atoms with Crippen LogP contribution in [0.15, 0.2) is 60.7 Å². The molecule has 1 N–H and O–H groups in total. The largest absolute Gasteiger partial charge is 0.326 e. The maximum absolute atomic E-state index is 12.6. The molecular weight excluding hydrogens is 336 g/mol. The zero-order valence-corrected chi connectivity index (χ0v) is 15.4. The van der Waals surface area contributed by atoms with Gasteiger partial charge in [-0.15, -0.1) is 0 Å². The van der Waals surface area contributed by atoms with E-state index in [0.717, 1.165) is 46.2 Å². The van der Waals surface area contributed by atoms with E-state index in [-0.39, 0.29) is 11.8 Å². The topological polar surface area (TPSA) is 49.4 Å². The van der Waals surface area contributed by atoms with Crippen molar-refractivity contribution in [1.82, 2.24) is 0 Å². The lowest BCUT2D eigenvalue weighted by atomic mass is 10.0. The molecule has 0 unspecified atom stereocenters. The van der Waals surface area contributed by atoms with Crippen molar-refractivity contribution in [2.45, 2.75) is 26.2 Å². The molecule has 3 aromatic rings. The molecule has 136 valence electrons. The monoisotopic (exact) mass is 358 g/mol. The first kappa shape index (κ1) is 17.3. The van der Waals surface area contributed by atoms with Crippen LogP contribution in [0.5, 0.6) is 0 Å². The van der Waals surface area contributed by atoms with Crippen LogP contribution >= 0.6 is 0 Å². The predicted octanol–water partition coefficient (Wildman–Crippen LogP) is 4.46. The van der Waals surface area contributed by atoms with Gasteiger partial charge in [0.15, 0.2) is 0 Å². The third-order valence-corrected chi connectivity index (χ3v) is 5.09. The molecule has 0 radical (unpaired) electrons. The molecule has 4 nitrogen and oxygen atoms in total. The Bertz CT molecular complexity index is 1020. The molecule has 0 spiro atoms. The highest BCUT2D eigenvalue weighted by molar-refractivity contribution is 5.99. The van der Waals surface area contributed by atoms with E-state index >= 15 is 0 Å². The fraction of sp³-hybridized carbons (Fsp3) is 0.217. The van der Waals surface area contributed by atoms with Gasteiger partial charge in [-0.3, -0.25) is 9.59 Å². The second-order valence-electron chi connectivity index (χ2n) is 7.01. The van der Waals surface area contributed by atoms with Crippen LogP contribution < -0.4 is 10.2 Å². The maximum Gasteiger partial charge on any atom is 0.228 e. The SMILES string of the molecule is Cc1ccc(NC(=O)Cc2cccc3ccccc23)cc1N1CCCC1=O. The molecule has 0 bridgehead atoms. The molecule has 0 aromatic heterocycles. The second kappa shape index (κ2) is 7.23. The van der Waals surface area contributed by atoms with Gasteiger partial charge in [-0.25, -0.2) is 0 Å². The maximum atomic E-state index is 12.6. The quantitative estimate of drug-likeness (QED) is 0.749. The number of fused-ring (bicyclic) bond motifs is 1. The number of anilines is 2. The third kappa shape index (κ3) is 3.56. The van der Waals surface area contributed by atoms with Gasteiger partial charge in [0.2, 0.25) is 11.8 Å². The first-order valence-corrected chi connectivity index (χ1v) is 9.29. The zero-order chi connectivity index (χ0) is 18.8. The fourth-order valence-electron chi connectivity index (χ4n) is 3.71. The van der Waals surface area contributed by atoms with Gasteiger partial charge >= 0.3 is 0 Å². The van der Waals surface area contributed by atoms with Gasteiger partial charge in [0, 0.05) is 24.3 Å². The minimum absolute atomic E-state index is 0.0612. The van der Waals surface area contributed by atoms with Crippen LogP contribution in [0, 0.1) is 6.92 Å². The van der Waals surface area contributed by atoms with Crippen LogP contribution in [0.25, 0.3) is 10.8 Å². The number of amides is 2. The number of carbonyl (C=O) groups is 2. The summed E-state index contributed by atoms with van der Waals surface area (Å²) in [6.45, 7) is 2.73. The van der Waals surface area contributed by atoms with Crippen LogP contribution in [-0.4, -0.2) is 18.4 Å². The van der Waals surface area contributed by atoms with E-state index in [0.29, 0.717) is 12.8 Å². The van der Waals surface area contributed by atoms with Gasteiger partial charge < -0.3 is 10.2 Å². The molecule has 1 saturated heterocycles. The molecule has 1 heterocycles. The number of nitrogens with zero attached hydrogens (tertiary/aromatic N) is 1. The number of nitrogens with one attached hydrogen (secondary N) is 1. The Hall–Kier alpha value is -3.14. The van der Waals surface area contributed by atoms with Crippen molar-refractivity contribution in [1.29, 1.82) is 0 Å². The molecule has 0 atom stereocenters. The summed E-state index contributed by atoms with van der Waals surface area (Å²) in [6.07, 6.45) is 1.79. The van der Waals surface area contributed by atoms with Gasteiger partial charge in [-0.2, -0.15) is 0 Å². The molecule has 0 aliphatic carbocycles. The number of rotatable bonds is 4. The average molecular weight is 358 g/mol. The van der Waals surface area contributed by atoms with Crippen LogP contribution in [-0.2, 0) is 16.0 Å². The van der Waals surface area contributed by atoms with E-state index in [1.165, 1.54) is 0 Å². The molecule has 2 amide bonds. The van der Waals surface area contributed by atoms with Crippen LogP contribution in [0.2, 0.25) is 0 Å². The smallest absolute Gasteiger partial charge is 0.228 e. The highest BCUT2D eigenvalue weighted by atomic mass is 16.2. The zero-order valence-electron chi connectivity index (χ0n) is 15.4. The average Bonchev–Trinajstić information content (AvgIpc) is 3.09. The molecule has 1 aliphatic rings. The highest BCUT2D eigenvalue weighted by Gasteiger charge is 2.23. The lowest BCUT2D eigenvalue weighted by Crippen LogP contribution is -2.24. The number of hydrogen-bond acceptors (Lipinski definition) is 2. The molecule has 3 aromatic carbocycles. The number of aryl methyl sites for hydroxylation is 1. The van der Waals surface area contributed by atoms with Crippen LogP contribution in [0.4, 0.5) is 11.4 Å². The standard InChI is InChI=1S/C23H22N2O2/c1-16-11-12-19(15-21(16)25-13-5-10-23(25)27)24-22(26)14-18-8-4-7-17-6-2-3-9-20(17)18/h2-4,6-9,11-12,15H,5,10,13-14H2,1H3,(H,24,26). The molecule has 4 heteroatoms. The fourth-order valence-corrected chi connectivity index (χ4v) is 3.71. The summed E-state index contributed by atoms with van der Waals surface area (Å²) in [5.74, 6) is 0.0891. The molecule has 0 saturated carbocycles. The van der Waals surface area contributed by atoms with Crippen molar-refractivity contribution < 1.29 is 9.59 Å². The van der Waals surface area contributed by atoms with Gasteiger partial charge in [0.1, 0.15) is 0 Å². The summed E-state index contributed by atoms with van der Waals surface area (Å²) < 4.78 is 0. The first-order valence-electron chi connectivity index (χ1n) is 9.29.